The fourth-order valence-electron chi connectivity index (χ4n) is 1.33. The second-order valence-corrected chi connectivity index (χ2v) is 5.53. The summed E-state index contributed by atoms with van der Waals surface area (Å²) in [5.41, 5.74) is -0.175. The summed E-state index contributed by atoms with van der Waals surface area (Å²) in [6.45, 7) is 8.29. The van der Waals surface area contributed by atoms with Crippen LogP contribution in [0.1, 0.15) is 27.2 Å². The Hall–Kier alpha value is -1.16. The Balaban J connectivity index is 0.000000631. The summed E-state index contributed by atoms with van der Waals surface area (Å²) in [5, 5.41) is 0. The maximum atomic E-state index is 11.0. The van der Waals surface area contributed by atoms with Crippen molar-refractivity contribution in [2.45, 2.75) is 27.2 Å². The molecule has 0 aromatic heterocycles. The molecule has 1 aromatic rings. The van der Waals surface area contributed by atoms with Crippen LogP contribution < -0.4 is 15.8 Å². The molecule has 1 rings (SSSR count). The molecular formula is C14H26N2O2. The number of hydrogen-bond acceptors (Lipinski definition) is 4. The first kappa shape index (κ1) is 16.8. The minimum Gasteiger partial charge on any atom is -0.371 e. The van der Waals surface area contributed by atoms with Gasteiger partial charge in [-0.3, -0.25) is 9.59 Å². The summed E-state index contributed by atoms with van der Waals surface area (Å²) in [5.74, 6) is 0.833. The molecule has 0 atom stereocenters. The van der Waals surface area contributed by atoms with E-state index in [9.17, 15) is 9.59 Å². The molecule has 0 spiro atoms. The molecule has 18 heavy (non-hydrogen) atoms. The van der Waals surface area contributed by atoms with E-state index < -0.39 is 0 Å². The van der Waals surface area contributed by atoms with Crippen LogP contribution in [0.4, 0.5) is 5.69 Å². The van der Waals surface area contributed by atoms with Gasteiger partial charge in [0.1, 0.15) is 0 Å². The Labute approximate surface area is 110 Å². The van der Waals surface area contributed by atoms with Gasteiger partial charge in [0.15, 0.2) is 0 Å². The second-order valence-electron chi connectivity index (χ2n) is 5.53. The van der Waals surface area contributed by atoms with Gasteiger partial charge in [-0.05, 0) is 33.0 Å². The fourth-order valence-corrected chi connectivity index (χ4v) is 1.33. The third-order valence-electron chi connectivity index (χ3n) is 2.23. The number of nitrogens with zero attached hydrogens (tertiary/aromatic N) is 2. The van der Waals surface area contributed by atoms with Crippen molar-refractivity contribution in [3.63, 3.8) is 0 Å². The molecule has 0 radical (unpaired) electrons. The lowest BCUT2D eigenvalue weighted by Crippen LogP contribution is -2.38. The van der Waals surface area contributed by atoms with Crippen molar-refractivity contribution in [3.8, 4) is 0 Å². The number of hydrogen-bond donors (Lipinski definition) is 0. The summed E-state index contributed by atoms with van der Waals surface area (Å²) in [6.07, 6.45) is 0.988. The van der Waals surface area contributed by atoms with Crippen LogP contribution in [0.2, 0.25) is 0 Å². The summed E-state index contributed by atoms with van der Waals surface area (Å²) in [4.78, 5) is 25.6. The first-order valence-corrected chi connectivity index (χ1v) is 6.42. The Bertz CT molecular complexity index is 401. The van der Waals surface area contributed by atoms with Gasteiger partial charge in [-0.15, -0.1) is 0 Å². The van der Waals surface area contributed by atoms with Crippen molar-refractivity contribution in [2.24, 2.45) is 5.92 Å². The van der Waals surface area contributed by atoms with Crippen molar-refractivity contribution in [3.05, 3.63) is 26.5 Å². The van der Waals surface area contributed by atoms with Crippen molar-refractivity contribution in [1.29, 1.82) is 0 Å². The van der Waals surface area contributed by atoms with Gasteiger partial charge in [0, 0.05) is 19.7 Å². The highest BCUT2D eigenvalue weighted by Crippen LogP contribution is 2.03. The van der Waals surface area contributed by atoms with Crippen LogP contribution in [0.15, 0.2) is 15.7 Å². The van der Waals surface area contributed by atoms with E-state index >= 15 is 0 Å². The molecule has 0 saturated heterocycles. The van der Waals surface area contributed by atoms with Gasteiger partial charge in [0.25, 0.3) is 0 Å². The first-order chi connectivity index (χ1) is 8.25. The highest BCUT2D eigenvalue weighted by Gasteiger charge is 2.12. The van der Waals surface area contributed by atoms with E-state index in [1.807, 2.05) is 26.0 Å². The van der Waals surface area contributed by atoms with Gasteiger partial charge in [-0.25, -0.2) is 0 Å². The normalized spacial score (nSPS) is 10.7. The molecule has 0 amide bonds. The number of anilines is 1. The van der Waals surface area contributed by atoms with E-state index in [1.54, 1.807) is 0 Å². The lowest BCUT2D eigenvalue weighted by atomic mass is 10.2. The molecule has 0 bridgehead atoms. The molecule has 0 unspecified atom stereocenters. The van der Waals surface area contributed by atoms with Crippen LogP contribution in [0.5, 0.6) is 0 Å². The van der Waals surface area contributed by atoms with Crippen molar-refractivity contribution in [1.82, 2.24) is 4.90 Å². The molecule has 4 heteroatoms. The van der Waals surface area contributed by atoms with E-state index in [0.717, 1.165) is 25.4 Å². The van der Waals surface area contributed by atoms with E-state index in [-0.39, 0.29) is 10.9 Å². The van der Waals surface area contributed by atoms with E-state index in [1.165, 1.54) is 6.07 Å². The lowest BCUT2D eigenvalue weighted by Gasteiger charge is -2.20. The molecule has 104 valence electrons. The highest BCUT2D eigenvalue weighted by atomic mass is 16.2. The topological polar surface area (TPSA) is 40.6 Å². The minimum absolute atomic E-state index is 0.350. The van der Waals surface area contributed by atoms with Crippen molar-refractivity contribution in [2.75, 3.05) is 39.1 Å². The van der Waals surface area contributed by atoms with Gasteiger partial charge in [-0.2, -0.15) is 0 Å². The maximum Gasteiger partial charge on any atom is 0.249 e. The molecule has 0 saturated carbocycles. The van der Waals surface area contributed by atoms with Gasteiger partial charge >= 0.3 is 0 Å². The molecule has 0 fully saturated rings. The van der Waals surface area contributed by atoms with Crippen LogP contribution in [-0.4, -0.2) is 39.1 Å². The smallest absolute Gasteiger partial charge is 0.249 e. The zero-order valence-corrected chi connectivity index (χ0v) is 12.5. The largest absolute Gasteiger partial charge is 0.371 e. The van der Waals surface area contributed by atoms with Crippen LogP contribution in [0.25, 0.3) is 0 Å². The van der Waals surface area contributed by atoms with Crippen molar-refractivity contribution < 1.29 is 0 Å². The third-order valence-corrected chi connectivity index (χ3v) is 2.23. The highest BCUT2D eigenvalue weighted by molar-refractivity contribution is 5.49. The Morgan fingerprint density at radius 1 is 1.06 bits per heavy atom. The molecular weight excluding hydrogens is 228 g/mol. The molecule has 0 aliphatic rings. The third kappa shape index (κ3) is 6.55. The first-order valence-electron chi connectivity index (χ1n) is 6.42. The average Bonchev–Trinajstić information content (AvgIpc) is 2.23. The molecule has 0 N–H and O–H groups in total. The van der Waals surface area contributed by atoms with Gasteiger partial charge in [0.05, 0.1) is 5.69 Å². The molecule has 4 nitrogen and oxygen atoms in total. The van der Waals surface area contributed by atoms with Crippen LogP contribution in [0.3, 0.4) is 0 Å². The second kappa shape index (κ2) is 8.03. The van der Waals surface area contributed by atoms with E-state index in [0.29, 0.717) is 5.69 Å². The van der Waals surface area contributed by atoms with Crippen LogP contribution in [-0.2, 0) is 0 Å². The predicted octanol–water partition coefficient (Wildman–Crippen LogP) is 1.33. The predicted molar refractivity (Wildman–Crippen MR) is 78.3 cm³/mol. The Morgan fingerprint density at radius 3 is 1.89 bits per heavy atom. The van der Waals surface area contributed by atoms with Gasteiger partial charge < -0.3 is 9.80 Å². The maximum absolute atomic E-state index is 11.0. The zero-order chi connectivity index (χ0) is 14.3. The van der Waals surface area contributed by atoms with Crippen LogP contribution >= 0.6 is 0 Å². The number of rotatable bonds is 5. The summed E-state index contributed by atoms with van der Waals surface area (Å²) in [6, 6.07) is 1.40. The fraction of sp³-hybridized carbons (Fsp3) is 0.714. The standard InChI is InChI=1S/C10H16N2O2.C4H10/c1-11(2)5-4-6-12(3)8-7-9(13)10(8)14;1-4(2)3/h7H,4-6H2,1-3H3;4H,1-3H3. The van der Waals surface area contributed by atoms with Gasteiger partial charge in [0.2, 0.25) is 10.9 Å². The summed E-state index contributed by atoms with van der Waals surface area (Å²) < 4.78 is 0. The molecule has 0 heterocycles. The Kier molecular flexibility index (Phi) is 7.51. The zero-order valence-electron chi connectivity index (χ0n) is 12.5. The monoisotopic (exact) mass is 254 g/mol. The quantitative estimate of drug-likeness (QED) is 0.743. The summed E-state index contributed by atoms with van der Waals surface area (Å²) >= 11 is 0. The molecule has 1 aromatic carbocycles. The lowest BCUT2D eigenvalue weighted by molar-refractivity contribution is 0.401. The summed E-state index contributed by atoms with van der Waals surface area (Å²) in [7, 11) is 5.86. The van der Waals surface area contributed by atoms with Crippen LogP contribution in [0, 0.1) is 5.92 Å². The van der Waals surface area contributed by atoms with Gasteiger partial charge in [-0.1, -0.05) is 20.8 Å². The van der Waals surface area contributed by atoms with Crippen molar-refractivity contribution >= 4 is 5.69 Å². The van der Waals surface area contributed by atoms with E-state index in [4.69, 9.17) is 0 Å². The minimum atomic E-state index is -0.376. The Morgan fingerprint density at radius 2 is 1.56 bits per heavy atom. The average molecular weight is 254 g/mol. The SMILES string of the molecule is CC(C)C.CN(C)CCCN(C)c1cc(=O)c1=O. The van der Waals surface area contributed by atoms with E-state index in [2.05, 4.69) is 25.7 Å². The molecule has 0 aliphatic heterocycles. The molecule has 0 aliphatic carbocycles.